The molecule has 0 saturated carbocycles. The van der Waals surface area contributed by atoms with Gasteiger partial charge < -0.3 is 5.32 Å². The van der Waals surface area contributed by atoms with Crippen LogP contribution in [0.15, 0.2) is 0 Å². The molecular weight excluding hydrogens is 246 g/mol. The van der Waals surface area contributed by atoms with Crippen molar-refractivity contribution in [2.75, 3.05) is 5.32 Å². The van der Waals surface area contributed by atoms with Gasteiger partial charge in [-0.2, -0.15) is 0 Å². The Kier molecular flexibility index (Phi) is 5.86. The molecule has 1 heterocycles. The highest BCUT2D eigenvalue weighted by Gasteiger charge is 2.14. The molecule has 0 spiro atoms. The summed E-state index contributed by atoms with van der Waals surface area (Å²) < 4.78 is 0. The Hall–Kier alpha value is -0.830. The Labute approximate surface area is 115 Å². The van der Waals surface area contributed by atoms with Crippen LogP contribution in [0.25, 0.3) is 0 Å². The number of hydrogen-bond donors (Lipinski definition) is 1. The van der Waals surface area contributed by atoms with Gasteiger partial charge >= 0.3 is 0 Å². The fourth-order valence-corrected chi connectivity index (χ4v) is 1.91. The van der Waals surface area contributed by atoms with Gasteiger partial charge in [-0.1, -0.05) is 38.8 Å². The standard InChI is InChI=1S/C14H24ClN3/c1-6-8-12-17-13(15)10(4)14(18-12)16-11(5)9(3)7-2/h9,11H,6-8H2,1-5H3,(H,16,17,18). The molecule has 1 aromatic rings. The van der Waals surface area contributed by atoms with E-state index in [1.165, 1.54) is 0 Å². The average Bonchev–Trinajstić information content (AvgIpc) is 2.34. The number of anilines is 1. The zero-order valence-corrected chi connectivity index (χ0v) is 12.8. The first kappa shape index (κ1) is 15.2. The van der Waals surface area contributed by atoms with Crippen molar-refractivity contribution in [2.45, 2.75) is 59.9 Å². The normalized spacial score (nSPS) is 14.3. The molecule has 1 aromatic heterocycles. The highest BCUT2D eigenvalue weighted by molar-refractivity contribution is 6.30. The van der Waals surface area contributed by atoms with Crippen LogP contribution < -0.4 is 5.32 Å². The van der Waals surface area contributed by atoms with E-state index in [2.05, 4.69) is 43.0 Å². The number of halogens is 1. The molecule has 1 rings (SSSR count). The maximum atomic E-state index is 6.16. The summed E-state index contributed by atoms with van der Waals surface area (Å²) in [6.45, 7) is 10.7. The Bertz CT molecular complexity index is 393. The van der Waals surface area contributed by atoms with Crippen molar-refractivity contribution in [1.29, 1.82) is 0 Å². The molecule has 0 bridgehead atoms. The van der Waals surface area contributed by atoms with Gasteiger partial charge in [0.25, 0.3) is 0 Å². The number of rotatable bonds is 6. The molecule has 0 aliphatic carbocycles. The minimum Gasteiger partial charge on any atom is -0.367 e. The summed E-state index contributed by atoms with van der Waals surface area (Å²) in [6.07, 6.45) is 3.04. The van der Waals surface area contributed by atoms with Gasteiger partial charge in [-0.05, 0) is 26.2 Å². The van der Waals surface area contributed by atoms with E-state index in [-0.39, 0.29) is 0 Å². The number of aryl methyl sites for hydroxylation is 1. The minimum atomic E-state index is 0.383. The van der Waals surface area contributed by atoms with Gasteiger partial charge in [0.1, 0.15) is 16.8 Å². The van der Waals surface area contributed by atoms with E-state index in [0.717, 1.165) is 36.5 Å². The highest BCUT2D eigenvalue weighted by atomic mass is 35.5. The van der Waals surface area contributed by atoms with Crippen LogP contribution in [0.5, 0.6) is 0 Å². The van der Waals surface area contributed by atoms with E-state index in [4.69, 9.17) is 11.6 Å². The van der Waals surface area contributed by atoms with E-state index in [1.807, 2.05) is 6.92 Å². The van der Waals surface area contributed by atoms with Crippen LogP contribution >= 0.6 is 11.6 Å². The van der Waals surface area contributed by atoms with Crippen molar-refractivity contribution in [3.8, 4) is 0 Å². The van der Waals surface area contributed by atoms with Crippen LogP contribution in [-0.4, -0.2) is 16.0 Å². The second kappa shape index (κ2) is 6.93. The zero-order chi connectivity index (χ0) is 13.7. The third kappa shape index (κ3) is 3.84. The predicted octanol–water partition coefficient (Wildman–Crippen LogP) is 4.24. The number of hydrogen-bond acceptors (Lipinski definition) is 3. The van der Waals surface area contributed by atoms with E-state index < -0.39 is 0 Å². The van der Waals surface area contributed by atoms with E-state index in [1.54, 1.807) is 0 Å². The summed E-state index contributed by atoms with van der Waals surface area (Å²) in [6, 6.07) is 0.383. The molecule has 0 aromatic carbocycles. The number of nitrogens with one attached hydrogen (secondary N) is 1. The second-order valence-corrected chi connectivity index (χ2v) is 5.33. The first-order valence-electron chi connectivity index (χ1n) is 6.79. The van der Waals surface area contributed by atoms with Crippen molar-refractivity contribution in [1.82, 2.24) is 9.97 Å². The molecular formula is C14H24ClN3. The summed E-state index contributed by atoms with van der Waals surface area (Å²) in [4.78, 5) is 8.88. The summed E-state index contributed by atoms with van der Waals surface area (Å²) in [5.41, 5.74) is 0.937. The molecule has 0 radical (unpaired) electrons. The second-order valence-electron chi connectivity index (χ2n) is 4.97. The van der Waals surface area contributed by atoms with Crippen LogP contribution in [0.3, 0.4) is 0 Å². The Morgan fingerprint density at radius 2 is 1.89 bits per heavy atom. The Morgan fingerprint density at radius 1 is 1.22 bits per heavy atom. The monoisotopic (exact) mass is 269 g/mol. The van der Waals surface area contributed by atoms with Crippen molar-refractivity contribution in [3.05, 3.63) is 16.5 Å². The largest absolute Gasteiger partial charge is 0.367 e. The molecule has 0 aliphatic heterocycles. The van der Waals surface area contributed by atoms with E-state index in [9.17, 15) is 0 Å². The Balaban J connectivity index is 2.93. The topological polar surface area (TPSA) is 37.8 Å². The molecule has 2 atom stereocenters. The van der Waals surface area contributed by atoms with E-state index >= 15 is 0 Å². The summed E-state index contributed by atoms with van der Waals surface area (Å²) in [7, 11) is 0. The van der Waals surface area contributed by atoms with Crippen LogP contribution in [0.2, 0.25) is 5.15 Å². The molecule has 1 N–H and O–H groups in total. The van der Waals surface area contributed by atoms with Gasteiger partial charge in [0, 0.05) is 18.0 Å². The molecule has 4 heteroatoms. The minimum absolute atomic E-state index is 0.383. The van der Waals surface area contributed by atoms with Crippen molar-refractivity contribution < 1.29 is 0 Å². The van der Waals surface area contributed by atoms with Crippen LogP contribution in [-0.2, 0) is 6.42 Å². The van der Waals surface area contributed by atoms with Crippen LogP contribution in [0, 0.1) is 12.8 Å². The quantitative estimate of drug-likeness (QED) is 0.785. The fourth-order valence-electron chi connectivity index (χ4n) is 1.72. The Morgan fingerprint density at radius 3 is 2.44 bits per heavy atom. The molecule has 18 heavy (non-hydrogen) atoms. The number of aromatic nitrogens is 2. The lowest BCUT2D eigenvalue weighted by Crippen LogP contribution is -2.24. The van der Waals surface area contributed by atoms with Crippen LogP contribution in [0.1, 0.15) is 51.9 Å². The predicted molar refractivity (Wildman–Crippen MR) is 78.3 cm³/mol. The maximum absolute atomic E-state index is 6.16. The van der Waals surface area contributed by atoms with Crippen molar-refractivity contribution in [2.24, 2.45) is 5.92 Å². The lowest BCUT2D eigenvalue weighted by atomic mass is 10.0. The van der Waals surface area contributed by atoms with Gasteiger partial charge in [-0.25, -0.2) is 9.97 Å². The van der Waals surface area contributed by atoms with Gasteiger partial charge in [-0.3, -0.25) is 0 Å². The maximum Gasteiger partial charge on any atom is 0.137 e. The summed E-state index contributed by atoms with van der Waals surface area (Å²) in [5, 5.41) is 4.03. The van der Waals surface area contributed by atoms with Gasteiger partial charge in [0.15, 0.2) is 0 Å². The molecule has 3 nitrogen and oxygen atoms in total. The highest BCUT2D eigenvalue weighted by Crippen LogP contribution is 2.22. The smallest absolute Gasteiger partial charge is 0.137 e. The lowest BCUT2D eigenvalue weighted by Gasteiger charge is -2.22. The molecule has 0 amide bonds. The van der Waals surface area contributed by atoms with Crippen molar-refractivity contribution >= 4 is 17.4 Å². The molecule has 0 fully saturated rings. The van der Waals surface area contributed by atoms with Gasteiger partial charge in [-0.15, -0.1) is 0 Å². The molecule has 0 aliphatic rings. The summed E-state index contributed by atoms with van der Waals surface area (Å²) >= 11 is 6.16. The number of nitrogens with zero attached hydrogens (tertiary/aromatic N) is 2. The SMILES string of the molecule is CCCc1nc(Cl)c(C)c(NC(C)C(C)CC)n1. The first-order valence-corrected chi connectivity index (χ1v) is 7.16. The third-order valence-electron chi connectivity index (χ3n) is 3.47. The zero-order valence-electron chi connectivity index (χ0n) is 12.0. The lowest BCUT2D eigenvalue weighted by molar-refractivity contribution is 0.493. The van der Waals surface area contributed by atoms with Crippen molar-refractivity contribution in [3.63, 3.8) is 0 Å². The summed E-state index contributed by atoms with van der Waals surface area (Å²) in [5.74, 6) is 2.31. The van der Waals surface area contributed by atoms with E-state index in [0.29, 0.717) is 17.1 Å². The van der Waals surface area contributed by atoms with Crippen LogP contribution in [0.4, 0.5) is 5.82 Å². The van der Waals surface area contributed by atoms with Gasteiger partial charge in [0.05, 0.1) is 0 Å². The fraction of sp³-hybridized carbons (Fsp3) is 0.714. The van der Waals surface area contributed by atoms with Gasteiger partial charge in [0.2, 0.25) is 0 Å². The molecule has 2 unspecified atom stereocenters. The molecule has 0 saturated heterocycles. The third-order valence-corrected chi connectivity index (χ3v) is 3.84. The first-order chi connectivity index (χ1) is 8.49. The molecule has 102 valence electrons. The average molecular weight is 270 g/mol.